The molecule has 1 atom stereocenters. The second-order valence-electron chi connectivity index (χ2n) is 5.49. The Morgan fingerprint density at radius 3 is 3.05 bits per heavy atom. The molecule has 0 saturated heterocycles. The molecule has 1 aromatic carbocycles. The quantitative estimate of drug-likeness (QED) is 0.409. The van der Waals surface area contributed by atoms with Gasteiger partial charge in [-0.05, 0) is 42.5 Å². The van der Waals surface area contributed by atoms with E-state index in [-0.39, 0.29) is 6.04 Å². The van der Waals surface area contributed by atoms with Gasteiger partial charge in [-0.3, -0.25) is 15.3 Å². The summed E-state index contributed by atoms with van der Waals surface area (Å²) in [7, 11) is 0. The van der Waals surface area contributed by atoms with Gasteiger partial charge in [0, 0.05) is 18.3 Å². The van der Waals surface area contributed by atoms with Gasteiger partial charge in [0.1, 0.15) is 5.84 Å². The van der Waals surface area contributed by atoms with Crippen molar-refractivity contribution >= 4 is 5.84 Å². The SMILES string of the molecule is Cc1ncccc1CC(=N[C@@H]1CCc2ccccc21)NC#N. The van der Waals surface area contributed by atoms with E-state index in [4.69, 9.17) is 10.3 Å². The lowest BCUT2D eigenvalue weighted by atomic mass is 10.1. The van der Waals surface area contributed by atoms with Crippen molar-refractivity contribution in [3.8, 4) is 6.19 Å². The Labute approximate surface area is 130 Å². The summed E-state index contributed by atoms with van der Waals surface area (Å²) >= 11 is 0. The third kappa shape index (κ3) is 2.99. The number of pyridine rings is 1. The summed E-state index contributed by atoms with van der Waals surface area (Å²) in [5.74, 6) is 0.709. The van der Waals surface area contributed by atoms with Gasteiger partial charge in [0.25, 0.3) is 0 Å². The van der Waals surface area contributed by atoms with Crippen molar-refractivity contribution < 1.29 is 0 Å². The molecule has 0 aliphatic heterocycles. The standard InChI is InChI=1S/C18H18N4/c1-13-15(6-4-10-20-13)11-18(21-12-19)22-17-9-8-14-5-2-3-7-16(14)17/h2-7,10,17H,8-9,11H2,1H3,(H,21,22)/t17-/m1/s1. The maximum atomic E-state index is 9.00. The number of nitrogens with one attached hydrogen (secondary N) is 1. The maximum Gasteiger partial charge on any atom is 0.182 e. The minimum Gasteiger partial charge on any atom is -0.280 e. The minimum absolute atomic E-state index is 0.143. The molecule has 0 radical (unpaired) electrons. The average Bonchev–Trinajstić information content (AvgIpc) is 2.93. The van der Waals surface area contributed by atoms with Crippen molar-refractivity contribution in [2.75, 3.05) is 0 Å². The van der Waals surface area contributed by atoms with E-state index in [1.165, 1.54) is 11.1 Å². The van der Waals surface area contributed by atoms with E-state index in [1.54, 1.807) is 6.20 Å². The lowest BCUT2D eigenvalue weighted by molar-refractivity contribution is 0.709. The zero-order valence-electron chi connectivity index (χ0n) is 12.6. The number of aliphatic imine (C=N–C) groups is 1. The Morgan fingerprint density at radius 1 is 1.36 bits per heavy atom. The molecule has 1 aliphatic carbocycles. The molecule has 0 bridgehead atoms. The van der Waals surface area contributed by atoms with Crippen molar-refractivity contribution in [2.45, 2.75) is 32.2 Å². The predicted molar refractivity (Wildman–Crippen MR) is 86.4 cm³/mol. The van der Waals surface area contributed by atoms with Crippen LogP contribution >= 0.6 is 0 Å². The Bertz CT molecular complexity index is 743. The van der Waals surface area contributed by atoms with E-state index < -0.39 is 0 Å². The van der Waals surface area contributed by atoms with Crippen LogP contribution in [-0.4, -0.2) is 10.8 Å². The van der Waals surface area contributed by atoms with Gasteiger partial charge in [-0.25, -0.2) is 0 Å². The zero-order valence-corrected chi connectivity index (χ0v) is 12.6. The highest BCUT2D eigenvalue weighted by Gasteiger charge is 2.21. The van der Waals surface area contributed by atoms with Gasteiger partial charge >= 0.3 is 0 Å². The smallest absolute Gasteiger partial charge is 0.182 e. The summed E-state index contributed by atoms with van der Waals surface area (Å²) in [4.78, 5) is 9.09. The second kappa shape index (κ2) is 6.40. The van der Waals surface area contributed by atoms with Crippen molar-refractivity contribution in [3.05, 3.63) is 65.0 Å². The largest absolute Gasteiger partial charge is 0.280 e. The number of amidine groups is 1. The summed E-state index contributed by atoms with van der Waals surface area (Å²) in [5.41, 5.74) is 4.71. The molecule has 0 amide bonds. The van der Waals surface area contributed by atoms with Crippen LogP contribution in [0.25, 0.3) is 0 Å². The third-order valence-corrected chi connectivity index (χ3v) is 4.09. The molecule has 0 unspecified atom stereocenters. The molecule has 1 aromatic heterocycles. The normalized spacial score (nSPS) is 16.9. The molecule has 3 rings (SSSR count). The van der Waals surface area contributed by atoms with E-state index >= 15 is 0 Å². The highest BCUT2D eigenvalue weighted by atomic mass is 15.0. The lowest BCUT2D eigenvalue weighted by Gasteiger charge is -2.11. The fourth-order valence-electron chi connectivity index (χ4n) is 2.93. The van der Waals surface area contributed by atoms with Gasteiger partial charge in [-0.2, -0.15) is 5.26 Å². The van der Waals surface area contributed by atoms with Crippen molar-refractivity contribution in [1.29, 1.82) is 5.26 Å². The molecule has 22 heavy (non-hydrogen) atoms. The fourth-order valence-corrected chi connectivity index (χ4v) is 2.93. The van der Waals surface area contributed by atoms with Gasteiger partial charge in [-0.15, -0.1) is 0 Å². The van der Waals surface area contributed by atoms with E-state index in [1.807, 2.05) is 25.2 Å². The molecule has 2 aromatic rings. The van der Waals surface area contributed by atoms with Crippen molar-refractivity contribution in [3.63, 3.8) is 0 Å². The molecule has 1 aliphatic rings. The van der Waals surface area contributed by atoms with Gasteiger partial charge in [0.2, 0.25) is 0 Å². The molecular formula is C18H18N4. The lowest BCUT2D eigenvalue weighted by Crippen LogP contribution is -2.22. The maximum absolute atomic E-state index is 9.00. The number of benzene rings is 1. The first-order valence-corrected chi connectivity index (χ1v) is 7.48. The number of nitriles is 1. The summed E-state index contributed by atoms with van der Waals surface area (Å²) in [6.07, 6.45) is 6.44. The van der Waals surface area contributed by atoms with Gasteiger partial charge < -0.3 is 0 Å². The van der Waals surface area contributed by atoms with Crippen LogP contribution in [0.2, 0.25) is 0 Å². The Hall–Kier alpha value is -2.67. The molecule has 1 N–H and O–H groups in total. The first kappa shape index (κ1) is 14.3. The number of fused-ring (bicyclic) bond motifs is 1. The van der Waals surface area contributed by atoms with Crippen LogP contribution in [-0.2, 0) is 12.8 Å². The fraction of sp³-hybridized carbons (Fsp3) is 0.278. The summed E-state index contributed by atoms with van der Waals surface area (Å²) in [5, 5.41) is 11.7. The van der Waals surface area contributed by atoms with Gasteiger partial charge in [0.05, 0.1) is 6.04 Å². The van der Waals surface area contributed by atoms with E-state index in [0.717, 1.165) is 24.1 Å². The number of nitrogens with zero attached hydrogens (tertiary/aromatic N) is 3. The minimum atomic E-state index is 0.143. The molecule has 110 valence electrons. The van der Waals surface area contributed by atoms with Crippen molar-refractivity contribution in [1.82, 2.24) is 10.3 Å². The zero-order chi connectivity index (χ0) is 15.4. The molecular weight excluding hydrogens is 272 g/mol. The molecule has 1 heterocycles. The van der Waals surface area contributed by atoms with Crippen LogP contribution < -0.4 is 5.32 Å². The van der Waals surface area contributed by atoms with Crippen LogP contribution in [0.4, 0.5) is 0 Å². The van der Waals surface area contributed by atoms with E-state index in [9.17, 15) is 0 Å². The number of aromatic nitrogens is 1. The topological polar surface area (TPSA) is 61.1 Å². The summed E-state index contributed by atoms with van der Waals surface area (Å²) in [6, 6.07) is 12.5. The van der Waals surface area contributed by atoms with Crippen LogP contribution in [0.15, 0.2) is 47.6 Å². The third-order valence-electron chi connectivity index (χ3n) is 4.09. The first-order chi connectivity index (χ1) is 10.8. The average molecular weight is 290 g/mol. The number of aryl methyl sites for hydroxylation is 2. The molecule has 0 spiro atoms. The number of hydrogen-bond donors (Lipinski definition) is 1. The van der Waals surface area contributed by atoms with Gasteiger partial charge in [-0.1, -0.05) is 30.3 Å². The molecule has 4 nitrogen and oxygen atoms in total. The van der Waals surface area contributed by atoms with Crippen LogP contribution in [0.1, 0.15) is 34.8 Å². The number of rotatable bonds is 3. The van der Waals surface area contributed by atoms with Crippen molar-refractivity contribution in [2.24, 2.45) is 4.99 Å². The van der Waals surface area contributed by atoms with E-state index in [2.05, 4.69) is 34.6 Å². The highest BCUT2D eigenvalue weighted by molar-refractivity contribution is 5.86. The number of hydrogen-bond acceptors (Lipinski definition) is 3. The molecule has 4 heteroatoms. The second-order valence-corrected chi connectivity index (χ2v) is 5.49. The Kier molecular flexibility index (Phi) is 4.15. The predicted octanol–water partition coefficient (Wildman–Crippen LogP) is 3.09. The Morgan fingerprint density at radius 2 is 2.23 bits per heavy atom. The van der Waals surface area contributed by atoms with Crippen LogP contribution in [0, 0.1) is 18.4 Å². The monoisotopic (exact) mass is 290 g/mol. The van der Waals surface area contributed by atoms with Crippen LogP contribution in [0.3, 0.4) is 0 Å². The van der Waals surface area contributed by atoms with Crippen LogP contribution in [0.5, 0.6) is 0 Å². The Balaban J connectivity index is 1.86. The first-order valence-electron chi connectivity index (χ1n) is 7.48. The molecule has 0 saturated carbocycles. The summed E-state index contributed by atoms with van der Waals surface area (Å²) in [6.45, 7) is 1.98. The summed E-state index contributed by atoms with van der Waals surface area (Å²) < 4.78 is 0. The molecule has 0 fully saturated rings. The highest BCUT2D eigenvalue weighted by Crippen LogP contribution is 2.33. The van der Waals surface area contributed by atoms with Gasteiger partial charge in [0.15, 0.2) is 6.19 Å². The van der Waals surface area contributed by atoms with E-state index in [0.29, 0.717) is 12.3 Å².